The summed E-state index contributed by atoms with van der Waals surface area (Å²) in [6, 6.07) is 10.9. The zero-order valence-corrected chi connectivity index (χ0v) is 20.4. The number of aromatic hydroxyl groups is 1. The number of nitrogens with zero attached hydrogens (tertiary/aromatic N) is 3. The van der Waals surface area contributed by atoms with Crippen molar-refractivity contribution in [2.45, 2.75) is 64.7 Å². The van der Waals surface area contributed by atoms with Crippen molar-refractivity contribution >= 4 is 28.8 Å². The Kier molecular flexibility index (Phi) is 7.89. The van der Waals surface area contributed by atoms with Gasteiger partial charge in [-0.2, -0.15) is 0 Å². The highest BCUT2D eigenvalue weighted by molar-refractivity contribution is 6.33. The summed E-state index contributed by atoms with van der Waals surface area (Å²) in [5, 5.41) is 29.7. The van der Waals surface area contributed by atoms with Gasteiger partial charge in [-0.3, -0.25) is 9.59 Å². The van der Waals surface area contributed by atoms with Gasteiger partial charge in [0.15, 0.2) is 0 Å². The Hall–Kier alpha value is -3.75. The SMILES string of the molecule is CCC(=O)C(=O)OCCCC(CC(=O)O)c1cc(-n2nc3ccccc3n2)c(O)c(C(C)(C)C)c1. The number of carboxylic acids is 1. The number of aromatic nitrogens is 3. The summed E-state index contributed by atoms with van der Waals surface area (Å²) in [5.41, 5.74) is 2.61. The van der Waals surface area contributed by atoms with Crippen LogP contribution in [-0.2, 0) is 24.5 Å². The fraction of sp³-hybridized carbons (Fsp3) is 0.423. The number of aliphatic carboxylic acids is 1. The smallest absolute Gasteiger partial charge is 0.374 e. The Balaban J connectivity index is 1.97. The first-order valence-electron chi connectivity index (χ1n) is 11.6. The van der Waals surface area contributed by atoms with E-state index in [0.29, 0.717) is 40.7 Å². The van der Waals surface area contributed by atoms with E-state index in [-0.39, 0.29) is 25.2 Å². The van der Waals surface area contributed by atoms with Crippen LogP contribution in [0.1, 0.15) is 70.4 Å². The normalized spacial score (nSPS) is 12.5. The molecule has 0 aliphatic heterocycles. The van der Waals surface area contributed by atoms with Gasteiger partial charge in [0.1, 0.15) is 22.5 Å². The van der Waals surface area contributed by atoms with Crippen molar-refractivity contribution in [1.82, 2.24) is 15.0 Å². The molecule has 0 radical (unpaired) electrons. The number of phenols is 1. The van der Waals surface area contributed by atoms with Crippen molar-refractivity contribution in [2.24, 2.45) is 0 Å². The van der Waals surface area contributed by atoms with Crippen molar-refractivity contribution in [3.8, 4) is 11.4 Å². The lowest BCUT2D eigenvalue weighted by molar-refractivity contribution is -0.153. The third kappa shape index (κ3) is 6.23. The molecule has 0 saturated carbocycles. The predicted octanol–water partition coefficient (Wildman–Crippen LogP) is 4.28. The van der Waals surface area contributed by atoms with E-state index in [0.717, 1.165) is 0 Å². The highest BCUT2D eigenvalue weighted by Crippen LogP contribution is 2.39. The van der Waals surface area contributed by atoms with Crippen LogP contribution in [-0.4, -0.2) is 49.5 Å². The molecule has 2 aromatic carbocycles. The lowest BCUT2D eigenvalue weighted by atomic mass is 9.81. The zero-order chi connectivity index (χ0) is 25.8. The van der Waals surface area contributed by atoms with Crippen LogP contribution in [0.5, 0.6) is 5.75 Å². The van der Waals surface area contributed by atoms with Gasteiger partial charge < -0.3 is 14.9 Å². The summed E-state index contributed by atoms with van der Waals surface area (Å²) < 4.78 is 5.01. The summed E-state index contributed by atoms with van der Waals surface area (Å²) in [4.78, 5) is 36.1. The van der Waals surface area contributed by atoms with Crippen molar-refractivity contribution in [3.63, 3.8) is 0 Å². The highest BCUT2D eigenvalue weighted by Gasteiger charge is 2.26. The number of esters is 1. The first-order chi connectivity index (χ1) is 16.5. The Morgan fingerprint density at radius 2 is 1.71 bits per heavy atom. The summed E-state index contributed by atoms with van der Waals surface area (Å²) in [6.45, 7) is 7.47. The maximum Gasteiger partial charge on any atom is 0.374 e. The Morgan fingerprint density at radius 3 is 2.26 bits per heavy atom. The van der Waals surface area contributed by atoms with Crippen LogP contribution < -0.4 is 0 Å². The van der Waals surface area contributed by atoms with Crippen LogP contribution in [0.25, 0.3) is 16.7 Å². The molecule has 1 unspecified atom stereocenters. The standard InChI is InChI=1S/C26H31N3O6/c1-5-22(30)25(34)35-12-8-9-16(15-23(31)32)17-13-18(26(2,3)4)24(33)21(14-17)29-27-19-10-6-7-11-20(19)28-29/h6-7,10-11,13-14,16,33H,5,8-9,12,15H2,1-4H3,(H,31,32). The average Bonchev–Trinajstić information content (AvgIpc) is 3.23. The molecule has 1 atom stereocenters. The molecule has 0 fully saturated rings. The van der Waals surface area contributed by atoms with Gasteiger partial charge in [0.2, 0.25) is 5.78 Å². The Labute approximate surface area is 203 Å². The molecular formula is C26H31N3O6. The average molecular weight is 482 g/mol. The molecule has 0 aliphatic rings. The molecule has 1 heterocycles. The highest BCUT2D eigenvalue weighted by atomic mass is 16.5. The number of carbonyl (C=O) groups is 3. The number of Topliss-reactive ketones (excluding diaryl/α,β-unsaturated/α-hetero) is 1. The number of fused-ring (bicyclic) bond motifs is 1. The summed E-state index contributed by atoms with van der Waals surface area (Å²) in [5.74, 6) is -2.82. The van der Waals surface area contributed by atoms with Gasteiger partial charge in [0.25, 0.3) is 0 Å². The molecule has 9 nitrogen and oxygen atoms in total. The number of phenolic OH excluding ortho intramolecular Hbond substituents is 1. The van der Waals surface area contributed by atoms with Gasteiger partial charge in [-0.05, 0) is 47.9 Å². The molecule has 9 heteroatoms. The number of carboxylic acid groups (broad SMARTS) is 1. The van der Waals surface area contributed by atoms with Crippen molar-refractivity contribution in [3.05, 3.63) is 47.5 Å². The van der Waals surface area contributed by atoms with Gasteiger partial charge in [-0.15, -0.1) is 15.0 Å². The minimum absolute atomic E-state index is 0.0177. The predicted molar refractivity (Wildman–Crippen MR) is 130 cm³/mol. The monoisotopic (exact) mass is 481 g/mol. The summed E-state index contributed by atoms with van der Waals surface area (Å²) in [7, 11) is 0. The molecule has 0 bridgehead atoms. The molecule has 0 aliphatic carbocycles. The Bertz CT molecular complexity index is 1210. The van der Waals surface area contributed by atoms with Crippen LogP contribution in [0, 0.1) is 0 Å². The maximum atomic E-state index is 11.7. The van der Waals surface area contributed by atoms with Gasteiger partial charge in [-0.1, -0.05) is 45.9 Å². The van der Waals surface area contributed by atoms with Crippen LogP contribution in [0.4, 0.5) is 0 Å². The van der Waals surface area contributed by atoms with Gasteiger partial charge in [-0.25, -0.2) is 4.79 Å². The molecule has 35 heavy (non-hydrogen) atoms. The minimum Gasteiger partial charge on any atom is -0.505 e. The number of hydrogen-bond donors (Lipinski definition) is 2. The molecular weight excluding hydrogens is 450 g/mol. The van der Waals surface area contributed by atoms with E-state index < -0.39 is 29.1 Å². The first kappa shape index (κ1) is 25.9. The second-order valence-corrected chi connectivity index (χ2v) is 9.51. The molecule has 3 aromatic rings. The van der Waals surface area contributed by atoms with Crippen LogP contribution in [0.15, 0.2) is 36.4 Å². The number of ether oxygens (including phenoxy) is 1. The van der Waals surface area contributed by atoms with Gasteiger partial charge in [0, 0.05) is 12.0 Å². The van der Waals surface area contributed by atoms with Crippen LogP contribution >= 0.6 is 0 Å². The third-order valence-electron chi connectivity index (χ3n) is 5.79. The summed E-state index contributed by atoms with van der Waals surface area (Å²) in [6.07, 6.45) is 0.709. The number of rotatable bonds is 10. The van der Waals surface area contributed by atoms with E-state index in [1.165, 1.54) is 4.80 Å². The van der Waals surface area contributed by atoms with E-state index in [9.17, 15) is 24.6 Å². The third-order valence-corrected chi connectivity index (χ3v) is 5.79. The number of carbonyl (C=O) groups excluding carboxylic acids is 2. The lowest BCUT2D eigenvalue weighted by Gasteiger charge is -2.25. The van der Waals surface area contributed by atoms with Crippen LogP contribution in [0.2, 0.25) is 0 Å². The van der Waals surface area contributed by atoms with Crippen molar-refractivity contribution in [2.75, 3.05) is 6.61 Å². The molecule has 186 valence electrons. The topological polar surface area (TPSA) is 132 Å². The fourth-order valence-corrected chi connectivity index (χ4v) is 3.89. The van der Waals surface area contributed by atoms with Crippen LogP contribution in [0.3, 0.4) is 0 Å². The maximum absolute atomic E-state index is 11.7. The molecule has 1 aromatic heterocycles. The van der Waals surface area contributed by atoms with Crippen molar-refractivity contribution < 1.29 is 29.3 Å². The van der Waals surface area contributed by atoms with E-state index in [1.807, 2.05) is 51.1 Å². The van der Waals surface area contributed by atoms with E-state index in [2.05, 4.69) is 10.2 Å². The quantitative estimate of drug-likeness (QED) is 0.249. The largest absolute Gasteiger partial charge is 0.505 e. The van der Waals surface area contributed by atoms with Gasteiger partial charge in [0.05, 0.1) is 13.0 Å². The zero-order valence-electron chi connectivity index (χ0n) is 20.4. The first-order valence-corrected chi connectivity index (χ1v) is 11.6. The number of ketones is 1. The van der Waals surface area contributed by atoms with E-state index in [1.54, 1.807) is 13.0 Å². The molecule has 0 spiro atoms. The number of benzene rings is 2. The number of hydrogen-bond acceptors (Lipinski definition) is 7. The fourth-order valence-electron chi connectivity index (χ4n) is 3.89. The molecule has 0 amide bonds. The lowest BCUT2D eigenvalue weighted by Crippen LogP contribution is -2.18. The molecule has 2 N–H and O–H groups in total. The molecule has 3 rings (SSSR count). The van der Waals surface area contributed by atoms with Crippen molar-refractivity contribution in [1.29, 1.82) is 0 Å². The second-order valence-electron chi connectivity index (χ2n) is 9.51. The summed E-state index contributed by atoms with van der Waals surface area (Å²) >= 11 is 0. The van der Waals surface area contributed by atoms with Gasteiger partial charge >= 0.3 is 11.9 Å². The van der Waals surface area contributed by atoms with E-state index >= 15 is 0 Å². The minimum atomic E-state index is -0.969. The van der Waals surface area contributed by atoms with E-state index in [4.69, 9.17) is 4.74 Å². The Morgan fingerprint density at radius 1 is 1.09 bits per heavy atom. The second kappa shape index (κ2) is 10.7. The molecule has 0 saturated heterocycles.